The van der Waals surface area contributed by atoms with E-state index in [0.717, 1.165) is 24.7 Å². The number of unbranched alkanes of at least 4 members (excludes halogenated alkanes) is 30. The van der Waals surface area contributed by atoms with Crippen molar-refractivity contribution in [2.45, 2.75) is 219 Å². The fourth-order valence-electron chi connectivity index (χ4n) is 6.41. The van der Waals surface area contributed by atoms with E-state index in [2.05, 4.69) is 42.7 Å². The third-order valence-corrected chi connectivity index (χ3v) is 9.42. The maximum atomic E-state index is 4.77. The second kappa shape index (κ2) is 34.6. The predicted molar refractivity (Wildman–Crippen MR) is 200 cm³/mol. The van der Waals surface area contributed by atoms with Crippen LogP contribution >= 0.6 is 0 Å². The molecule has 0 unspecified atom stereocenters. The Bertz CT molecular complexity index is 622. The topological polar surface area (TPSA) is 37.0 Å². The summed E-state index contributed by atoms with van der Waals surface area (Å²) in [5, 5.41) is 7.08. The first-order chi connectivity index (χ1) is 21.9. The summed E-state index contributed by atoms with van der Waals surface area (Å²) in [7, 11) is 0. The lowest BCUT2D eigenvalue weighted by Crippen LogP contribution is -2.07. The van der Waals surface area contributed by atoms with Gasteiger partial charge in [0.05, 0.1) is 0 Å². The molecule has 258 valence electrons. The molecule has 0 aliphatic rings. The van der Waals surface area contributed by atoms with Crippen LogP contribution in [0.2, 0.25) is 0 Å². The van der Waals surface area contributed by atoms with Crippen molar-refractivity contribution >= 4 is 11.6 Å². The normalized spacial score (nSPS) is 11.3. The van der Waals surface area contributed by atoms with Crippen LogP contribution in [0.15, 0.2) is 18.2 Å². The fourth-order valence-corrected chi connectivity index (χ4v) is 6.41. The number of pyridine rings is 1. The van der Waals surface area contributed by atoms with Gasteiger partial charge in [-0.05, 0) is 25.0 Å². The second-order valence-electron chi connectivity index (χ2n) is 13.9. The molecule has 0 aliphatic heterocycles. The van der Waals surface area contributed by atoms with Gasteiger partial charge in [-0.15, -0.1) is 0 Å². The average molecular weight is 614 g/mol. The van der Waals surface area contributed by atoms with E-state index < -0.39 is 0 Å². The lowest BCUT2D eigenvalue weighted by atomic mass is 10.0. The van der Waals surface area contributed by atoms with Gasteiger partial charge in [0.25, 0.3) is 0 Å². The lowest BCUT2D eigenvalue weighted by molar-refractivity contribution is 0.530. The van der Waals surface area contributed by atoms with Crippen molar-refractivity contribution in [3.8, 4) is 0 Å². The van der Waals surface area contributed by atoms with Crippen molar-refractivity contribution in [1.29, 1.82) is 0 Å². The molecule has 0 fully saturated rings. The van der Waals surface area contributed by atoms with Gasteiger partial charge in [0.15, 0.2) is 0 Å². The summed E-state index contributed by atoms with van der Waals surface area (Å²) in [5.74, 6) is 2.03. The minimum Gasteiger partial charge on any atom is -0.370 e. The van der Waals surface area contributed by atoms with E-state index in [1.54, 1.807) is 0 Å². The Hall–Kier alpha value is -1.25. The number of aromatic nitrogens is 1. The molecule has 2 N–H and O–H groups in total. The third-order valence-electron chi connectivity index (χ3n) is 9.42. The monoisotopic (exact) mass is 614 g/mol. The van der Waals surface area contributed by atoms with Gasteiger partial charge in [0.1, 0.15) is 11.6 Å². The summed E-state index contributed by atoms with van der Waals surface area (Å²) in [6.07, 6.45) is 45.4. The molecule has 3 heteroatoms. The zero-order valence-electron chi connectivity index (χ0n) is 30.2. The molecule has 1 heterocycles. The molecule has 0 spiro atoms. The third kappa shape index (κ3) is 29.5. The van der Waals surface area contributed by atoms with Crippen molar-refractivity contribution in [2.75, 3.05) is 23.7 Å². The maximum absolute atomic E-state index is 4.77. The van der Waals surface area contributed by atoms with Gasteiger partial charge in [0.2, 0.25) is 0 Å². The Morgan fingerprint density at radius 3 is 0.818 bits per heavy atom. The molecule has 1 aromatic heterocycles. The Morgan fingerprint density at radius 2 is 0.568 bits per heavy atom. The molecule has 1 rings (SSSR count). The molecule has 0 radical (unpaired) electrons. The van der Waals surface area contributed by atoms with Crippen LogP contribution in [0.3, 0.4) is 0 Å². The molecule has 0 aromatic carbocycles. The molecule has 0 amide bonds. The molecular formula is C41H79N3. The van der Waals surface area contributed by atoms with E-state index in [0.29, 0.717) is 0 Å². The first-order valence-electron chi connectivity index (χ1n) is 20.3. The quantitative estimate of drug-likeness (QED) is 0.0739. The Balaban J connectivity index is 1.83. The van der Waals surface area contributed by atoms with Crippen LogP contribution in [0.25, 0.3) is 0 Å². The molecule has 0 bridgehead atoms. The summed E-state index contributed by atoms with van der Waals surface area (Å²) in [6.45, 7) is 6.67. The molecule has 3 nitrogen and oxygen atoms in total. The first-order valence-corrected chi connectivity index (χ1v) is 20.3. The molecule has 0 saturated carbocycles. The average Bonchev–Trinajstić information content (AvgIpc) is 3.04. The summed E-state index contributed by atoms with van der Waals surface area (Å²) >= 11 is 0. The van der Waals surface area contributed by atoms with E-state index in [9.17, 15) is 0 Å². The Morgan fingerprint density at radius 1 is 0.341 bits per heavy atom. The highest BCUT2D eigenvalue weighted by Gasteiger charge is 1.99. The van der Waals surface area contributed by atoms with Gasteiger partial charge in [-0.1, -0.05) is 213 Å². The van der Waals surface area contributed by atoms with Crippen LogP contribution in [0.5, 0.6) is 0 Å². The van der Waals surface area contributed by atoms with Crippen LogP contribution in [0.4, 0.5) is 11.6 Å². The molecule has 0 aliphatic carbocycles. The number of anilines is 2. The first kappa shape index (κ1) is 40.8. The second-order valence-corrected chi connectivity index (χ2v) is 13.9. The van der Waals surface area contributed by atoms with Crippen LogP contribution in [-0.4, -0.2) is 18.1 Å². The standard InChI is InChI=1S/C41H79N3/c1-3-5-7-9-11-13-15-17-19-21-23-25-27-29-31-33-38-42-40-36-35-37-41(44-40)43-39-34-32-30-28-26-24-22-20-18-16-14-12-10-8-6-4-2/h35-37H,3-34,38-39H2,1-2H3,(H2,42,43,44). The highest BCUT2D eigenvalue weighted by atomic mass is 15.1. The fraction of sp³-hybridized carbons (Fsp3) is 0.878. The summed E-state index contributed by atoms with van der Waals surface area (Å²) in [6, 6.07) is 6.33. The summed E-state index contributed by atoms with van der Waals surface area (Å²) < 4.78 is 0. The van der Waals surface area contributed by atoms with Crippen molar-refractivity contribution in [3.05, 3.63) is 18.2 Å². The Kier molecular flexibility index (Phi) is 32.1. The SMILES string of the molecule is CCCCCCCCCCCCCCCCCCNc1cccc(NCCCCCCCCCCCCCCCCCC)n1. The van der Waals surface area contributed by atoms with Gasteiger partial charge in [-0.25, -0.2) is 4.98 Å². The zero-order chi connectivity index (χ0) is 31.4. The van der Waals surface area contributed by atoms with Crippen molar-refractivity contribution in [1.82, 2.24) is 4.98 Å². The van der Waals surface area contributed by atoms with Crippen molar-refractivity contribution in [2.24, 2.45) is 0 Å². The largest absolute Gasteiger partial charge is 0.370 e. The summed E-state index contributed by atoms with van der Waals surface area (Å²) in [5.41, 5.74) is 0. The minimum absolute atomic E-state index is 1.02. The van der Waals surface area contributed by atoms with Gasteiger partial charge >= 0.3 is 0 Å². The molecule has 0 saturated heterocycles. The number of hydrogen-bond donors (Lipinski definition) is 2. The van der Waals surface area contributed by atoms with Gasteiger partial charge < -0.3 is 10.6 Å². The van der Waals surface area contributed by atoms with Crippen molar-refractivity contribution in [3.63, 3.8) is 0 Å². The van der Waals surface area contributed by atoms with Crippen LogP contribution in [0, 0.1) is 0 Å². The van der Waals surface area contributed by atoms with E-state index >= 15 is 0 Å². The van der Waals surface area contributed by atoms with E-state index in [4.69, 9.17) is 4.98 Å². The van der Waals surface area contributed by atoms with E-state index in [1.165, 1.54) is 205 Å². The highest BCUT2D eigenvalue weighted by molar-refractivity contribution is 5.44. The minimum atomic E-state index is 1.02. The Labute approximate surface area is 277 Å². The molecule has 1 aromatic rings. The lowest BCUT2D eigenvalue weighted by Gasteiger charge is -2.09. The predicted octanol–water partition coefficient (Wildman–Crippen LogP) is 14.4. The van der Waals surface area contributed by atoms with Gasteiger partial charge in [-0.3, -0.25) is 0 Å². The number of nitrogens with one attached hydrogen (secondary N) is 2. The van der Waals surface area contributed by atoms with E-state index in [-0.39, 0.29) is 0 Å². The zero-order valence-corrected chi connectivity index (χ0v) is 30.2. The van der Waals surface area contributed by atoms with E-state index in [1.807, 2.05) is 0 Å². The van der Waals surface area contributed by atoms with Gasteiger partial charge in [-0.2, -0.15) is 0 Å². The van der Waals surface area contributed by atoms with Crippen LogP contribution in [0.1, 0.15) is 219 Å². The molecule has 44 heavy (non-hydrogen) atoms. The van der Waals surface area contributed by atoms with Crippen LogP contribution < -0.4 is 10.6 Å². The van der Waals surface area contributed by atoms with Crippen LogP contribution in [-0.2, 0) is 0 Å². The van der Waals surface area contributed by atoms with Crippen molar-refractivity contribution < 1.29 is 0 Å². The molecular weight excluding hydrogens is 534 g/mol. The smallest absolute Gasteiger partial charge is 0.128 e. The maximum Gasteiger partial charge on any atom is 0.128 e. The summed E-state index contributed by atoms with van der Waals surface area (Å²) in [4.78, 5) is 4.77. The molecule has 0 atom stereocenters. The number of rotatable bonds is 36. The highest BCUT2D eigenvalue weighted by Crippen LogP contribution is 2.16. The number of nitrogens with zero attached hydrogens (tertiary/aromatic N) is 1. The number of hydrogen-bond acceptors (Lipinski definition) is 3. The van der Waals surface area contributed by atoms with Gasteiger partial charge in [0, 0.05) is 13.1 Å².